The SMILES string of the molecule is Cc1c(N)nc(C2CC2)nc1SCC1CCCO1. The maximum atomic E-state index is 5.98. The largest absolute Gasteiger partial charge is 0.383 e. The summed E-state index contributed by atoms with van der Waals surface area (Å²) in [6.07, 6.45) is 5.15. The number of nitrogen functional groups attached to an aromatic ring is 1. The van der Waals surface area contributed by atoms with Crippen LogP contribution in [0.4, 0.5) is 5.82 Å². The van der Waals surface area contributed by atoms with E-state index in [1.54, 1.807) is 11.8 Å². The summed E-state index contributed by atoms with van der Waals surface area (Å²) >= 11 is 1.76. The van der Waals surface area contributed by atoms with E-state index in [1.165, 1.54) is 25.7 Å². The third kappa shape index (κ3) is 2.62. The van der Waals surface area contributed by atoms with Gasteiger partial charge in [0.1, 0.15) is 16.7 Å². The highest BCUT2D eigenvalue weighted by molar-refractivity contribution is 7.99. The fourth-order valence-electron chi connectivity index (χ4n) is 2.14. The smallest absolute Gasteiger partial charge is 0.135 e. The molecule has 1 aliphatic carbocycles. The molecular weight excluding hydrogens is 246 g/mol. The van der Waals surface area contributed by atoms with Gasteiger partial charge in [0.25, 0.3) is 0 Å². The molecule has 1 saturated heterocycles. The van der Waals surface area contributed by atoms with Gasteiger partial charge in [-0.05, 0) is 32.6 Å². The molecule has 1 aliphatic heterocycles. The Bertz CT molecular complexity index is 442. The molecule has 2 N–H and O–H groups in total. The van der Waals surface area contributed by atoms with Crippen LogP contribution in [0.3, 0.4) is 0 Å². The molecule has 0 radical (unpaired) electrons. The Balaban J connectivity index is 1.72. The topological polar surface area (TPSA) is 61.0 Å². The fraction of sp³-hybridized carbons (Fsp3) is 0.692. The lowest BCUT2D eigenvalue weighted by atomic mass is 10.3. The number of aromatic nitrogens is 2. The van der Waals surface area contributed by atoms with Crippen molar-refractivity contribution in [3.63, 3.8) is 0 Å². The molecule has 18 heavy (non-hydrogen) atoms. The molecule has 4 nitrogen and oxygen atoms in total. The second kappa shape index (κ2) is 5.05. The van der Waals surface area contributed by atoms with Crippen molar-refractivity contribution >= 4 is 17.6 Å². The van der Waals surface area contributed by atoms with Crippen LogP contribution in [-0.4, -0.2) is 28.4 Å². The molecule has 98 valence electrons. The zero-order valence-corrected chi connectivity index (χ0v) is 11.5. The first-order valence-corrected chi connectivity index (χ1v) is 7.61. The fourth-order valence-corrected chi connectivity index (χ4v) is 3.23. The Morgan fingerprint density at radius 3 is 2.83 bits per heavy atom. The standard InChI is InChI=1S/C13H19N3OS/c1-8-11(14)15-12(9-4-5-9)16-13(8)18-7-10-3-2-6-17-10/h9-10H,2-7H2,1H3,(H2,14,15,16). The number of thioether (sulfide) groups is 1. The molecule has 0 aromatic carbocycles. The Morgan fingerprint density at radius 2 is 2.17 bits per heavy atom. The lowest BCUT2D eigenvalue weighted by molar-refractivity contribution is 0.129. The van der Waals surface area contributed by atoms with Crippen LogP contribution < -0.4 is 5.73 Å². The van der Waals surface area contributed by atoms with Gasteiger partial charge in [0.15, 0.2) is 0 Å². The van der Waals surface area contributed by atoms with Crippen LogP contribution in [0, 0.1) is 6.92 Å². The Labute approximate surface area is 112 Å². The summed E-state index contributed by atoms with van der Waals surface area (Å²) in [4.78, 5) is 9.07. The molecule has 1 aromatic rings. The molecule has 5 heteroatoms. The minimum absolute atomic E-state index is 0.384. The van der Waals surface area contributed by atoms with Crippen molar-refractivity contribution in [3.8, 4) is 0 Å². The maximum absolute atomic E-state index is 5.98. The summed E-state index contributed by atoms with van der Waals surface area (Å²) in [6.45, 7) is 2.91. The Hall–Kier alpha value is -0.810. The summed E-state index contributed by atoms with van der Waals surface area (Å²) in [7, 11) is 0. The van der Waals surface area contributed by atoms with Gasteiger partial charge in [-0.2, -0.15) is 0 Å². The summed E-state index contributed by atoms with van der Waals surface area (Å²) in [5.41, 5.74) is 6.99. The number of nitrogens with zero attached hydrogens (tertiary/aromatic N) is 2. The molecule has 3 rings (SSSR count). The van der Waals surface area contributed by atoms with Crippen molar-refractivity contribution in [2.24, 2.45) is 0 Å². The highest BCUT2D eigenvalue weighted by Crippen LogP contribution is 2.39. The van der Waals surface area contributed by atoms with Crippen LogP contribution in [0.2, 0.25) is 0 Å². The molecule has 1 unspecified atom stereocenters. The summed E-state index contributed by atoms with van der Waals surface area (Å²) in [6, 6.07) is 0. The Kier molecular flexibility index (Phi) is 3.43. The lowest BCUT2D eigenvalue weighted by Crippen LogP contribution is -2.09. The van der Waals surface area contributed by atoms with Crippen molar-refractivity contribution in [1.82, 2.24) is 9.97 Å². The van der Waals surface area contributed by atoms with Crippen LogP contribution in [-0.2, 0) is 4.74 Å². The first kappa shape index (κ1) is 12.2. The van der Waals surface area contributed by atoms with Crippen LogP contribution in [0.25, 0.3) is 0 Å². The third-order valence-corrected chi connectivity index (χ3v) is 4.74. The Morgan fingerprint density at radius 1 is 1.33 bits per heavy atom. The van der Waals surface area contributed by atoms with Crippen molar-refractivity contribution in [2.75, 3.05) is 18.1 Å². The minimum atomic E-state index is 0.384. The summed E-state index contributed by atoms with van der Waals surface area (Å²) < 4.78 is 5.64. The molecule has 2 heterocycles. The van der Waals surface area contributed by atoms with E-state index < -0.39 is 0 Å². The van der Waals surface area contributed by atoms with E-state index in [-0.39, 0.29) is 0 Å². The molecule has 1 aromatic heterocycles. The van der Waals surface area contributed by atoms with Gasteiger partial charge in [0.2, 0.25) is 0 Å². The van der Waals surface area contributed by atoms with E-state index in [0.29, 0.717) is 17.8 Å². The predicted molar refractivity (Wildman–Crippen MR) is 72.9 cm³/mol. The molecule has 0 spiro atoms. The van der Waals surface area contributed by atoms with E-state index in [1.807, 2.05) is 6.92 Å². The third-order valence-electron chi connectivity index (χ3n) is 3.53. The quantitative estimate of drug-likeness (QED) is 0.669. The van der Waals surface area contributed by atoms with Crippen molar-refractivity contribution in [3.05, 3.63) is 11.4 Å². The number of hydrogen-bond donors (Lipinski definition) is 1. The van der Waals surface area contributed by atoms with Crippen LogP contribution in [0.5, 0.6) is 0 Å². The number of anilines is 1. The molecule has 1 saturated carbocycles. The van der Waals surface area contributed by atoms with Crippen molar-refractivity contribution in [2.45, 2.75) is 49.7 Å². The maximum Gasteiger partial charge on any atom is 0.135 e. The zero-order chi connectivity index (χ0) is 12.5. The molecule has 0 amide bonds. The normalized spacial score (nSPS) is 23.5. The van der Waals surface area contributed by atoms with Crippen molar-refractivity contribution in [1.29, 1.82) is 0 Å². The van der Waals surface area contributed by atoms with Gasteiger partial charge in [0, 0.05) is 23.8 Å². The first-order valence-electron chi connectivity index (χ1n) is 6.62. The summed E-state index contributed by atoms with van der Waals surface area (Å²) in [5, 5.41) is 1.04. The van der Waals surface area contributed by atoms with E-state index in [0.717, 1.165) is 28.8 Å². The predicted octanol–water partition coefficient (Wildman–Crippen LogP) is 2.52. The van der Waals surface area contributed by atoms with Gasteiger partial charge in [-0.25, -0.2) is 9.97 Å². The number of rotatable bonds is 4. The van der Waals surface area contributed by atoms with Gasteiger partial charge in [-0.3, -0.25) is 0 Å². The molecule has 2 fully saturated rings. The van der Waals surface area contributed by atoms with Gasteiger partial charge in [0.05, 0.1) is 6.10 Å². The first-order chi connectivity index (χ1) is 8.74. The lowest BCUT2D eigenvalue weighted by Gasteiger charge is -2.12. The highest BCUT2D eigenvalue weighted by Gasteiger charge is 2.28. The average molecular weight is 265 g/mol. The number of hydrogen-bond acceptors (Lipinski definition) is 5. The molecule has 0 bridgehead atoms. The monoisotopic (exact) mass is 265 g/mol. The van der Waals surface area contributed by atoms with Gasteiger partial charge < -0.3 is 10.5 Å². The van der Waals surface area contributed by atoms with Gasteiger partial charge in [-0.15, -0.1) is 11.8 Å². The number of ether oxygens (including phenoxy) is 1. The van der Waals surface area contributed by atoms with E-state index in [4.69, 9.17) is 10.5 Å². The van der Waals surface area contributed by atoms with Gasteiger partial charge in [-0.1, -0.05) is 0 Å². The average Bonchev–Trinajstić information content (AvgIpc) is 3.08. The van der Waals surface area contributed by atoms with Crippen LogP contribution >= 0.6 is 11.8 Å². The second-order valence-corrected chi connectivity index (χ2v) is 6.13. The minimum Gasteiger partial charge on any atom is -0.383 e. The zero-order valence-electron chi connectivity index (χ0n) is 10.7. The second-order valence-electron chi connectivity index (χ2n) is 5.12. The molecular formula is C13H19N3OS. The summed E-state index contributed by atoms with van der Waals surface area (Å²) in [5.74, 6) is 3.10. The highest BCUT2D eigenvalue weighted by atomic mass is 32.2. The van der Waals surface area contributed by atoms with E-state index >= 15 is 0 Å². The van der Waals surface area contributed by atoms with Crippen molar-refractivity contribution < 1.29 is 4.74 Å². The number of nitrogens with two attached hydrogens (primary N) is 1. The van der Waals surface area contributed by atoms with E-state index in [9.17, 15) is 0 Å². The molecule has 2 aliphatic rings. The van der Waals surface area contributed by atoms with Gasteiger partial charge >= 0.3 is 0 Å². The van der Waals surface area contributed by atoms with Crippen LogP contribution in [0.15, 0.2) is 5.03 Å². The molecule has 1 atom stereocenters. The van der Waals surface area contributed by atoms with Crippen LogP contribution in [0.1, 0.15) is 43.0 Å². The van der Waals surface area contributed by atoms with E-state index in [2.05, 4.69) is 9.97 Å².